The van der Waals surface area contributed by atoms with Crippen LogP contribution in [0.1, 0.15) is 83.8 Å². The van der Waals surface area contributed by atoms with Crippen LogP contribution in [0.4, 0.5) is 8.78 Å². The molecule has 2 aromatic carbocycles. The van der Waals surface area contributed by atoms with Crippen molar-refractivity contribution >= 4 is 35.1 Å². The molecule has 7 rings (SSSR count). The molecule has 5 aliphatic rings. The fourth-order valence-corrected chi connectivity index (χ4v) is 9.49. The normalized spacial score (nSPS) is 27.0. The molecule has 4 heterocycles. The molecule has 0 radical (unpaired) electrons. The van der Waals surface area contributed by atoms with E-state index in [1.54, 1.807) is 0 Å². The van der Waals surface area contributed by atoms with E-state index in [0.717, 1.165) is 58.1 Å². The van der Waals surface area contributed by atoms with E-state index in [1.165, 1.54) is 30.5 Å². The van der Waals surface area contributed by atoms with Gasteiger partial charge in [-0.05, 0) is 80.8 Å². The zero-order valence-corrected chi connectivity index (χ0v) is 32.1. The predicted molar refractivity (Wildman–Crippen MR) is 210 cm³/mol. The van der Waals surface area contributed by atoms with Gasteiger partial charge in [-0.25, -0.2) is 13.8 Å². The monoisotopic (exact) mass is 741 g/mol. The third-order valence-electron chi connectivity index (χ3n) is 11.7. The molecule has 4 aliphatic heterocycles. The number of hydrogen-bond acceptors (Lipinski definition) is 9. The third-order valence-corrected chi connectivity index (χ3v) is 11.7. The number of phenolic OH excluding ortho intramolecular Hbond substituents is 1. The van der Waals surface area contributed by atoms with Crippen molar-refractivity contribution in [1.82, 2.24) is 9.80 Å². The fourth-order valence-electron chi connectivity index (χ4n) is 9.49. The van der Waals surface area contributed by atoms with E-state index < -0.39 is 11.6 Å². The molecule has 0 aromatic heterocycles. The van der Waals surface area contributed by atoms with Crippen molar-refractivity contribution in [1.29, 1.82) is 0 Å². The van der Waals surface area contributed by atoms with Gasteiger partial charge in [0, 0.05) is 47.8 Å². The van der Waals surface area contributed by atoms with Crippen LogP contribution in [-0.2, 0) is 14.2 Å². The molecular weight excluding hydrogens is 688 g/mol. The SMILES string of the molecule is C#Cc1c(F)ccc2cc(O)cc(C3=C(F)C(=N/COCC45CCCC4N(C4COC6(COC6)C4)CCC5)/C(=C(\N=C)N(CCC)CC(C)(C)C)C=N3)c12. The molecule has 0 bridgehead atoms. The number of terminal acetylenes is 1. The average Bonchev–Trinajstić information content (AvgIpc) is 3.77. The first-order valence-corrected chi connectivity index (χ1v) is 19.3. The summed E-state index contributed by atoms with van der Waals surface area (Å²) in [7, 11) is 0. The van der Waals surface area contributed by atoms with Crippen LogP contribution in [0, 0.1) is 29.0 Å². The van der Waals surface area contributed by atoms with E-state index in [-0.39, 0.29) is 56.8 Å². The second-order valence-corrected chi connectivity index (χ2v) is 16.9. The maximum atomic E-state index is 17.3. The van der Waals surface area contributed by atoms with Crippen LogP contribution in [0.2, 0.25) is 0 Å². The lowest BCUT2D eigenvalue weighted by molar-refractivity contribution is -0.184. The van der Waals surface area contributed by atoms with Crippen molar-refractivity contribution < 1.29 is 28.1 Å². The summed E-state index contributed by atoms with van der Waals surface area (Å²) in [6, 6.07) is 6.34. The van der Waals surface area contributed by atoms with E-state index in [4.69, 9.17) is 25.6 Å². The largest absolute Gasteiger partial charge is 0.508 e. The molecule has 1 N–H and O–H groups in total. The Labute approximate surface area is 317 Å². The zero-order chi connectivity index (χ0) is 38.3. The maximum Gasteiger partial charge on any atom is 0.175 e. The number of aromatic hydroxyl groups is 1. The smallest absolute Gasteiger partial charge is 0.175 e. The highest BCUT2D eigenvalue weighted by Gasteiger charge is 2.54. The number of benzene rings is 2. The van der Waals surface area contributed by atoms with Gasteiger partial charge in [-0.15, -0.1) is 6.42 Å². The number of rotatable bonds is 11. The highest BCUT2D eigenvalue weighted by Crippen LogP contribution is 2.50. The average molecular weight is 742 g/mol. The van der Waals surface area contributed by atoms with Gasteiger partial charge >= 0.3 is 0 Å². The minimum Gasteiger partial charge on any atom is -0.508 e. The molecule has 288 valence electrons. The second kappa shape index (κ2) is 15.3. The van der Waals surface area contributed by atoms with Crippen LogP contribution < -0.4 is 0 Å². The van der Waals surface area contributed by atoms with Gasteiger partial charge in [-0.1, -0.05) is 46.1 Å². The Hall–Kier alpha value is -3.95. The number of piperidine rings is 1. The number of nitrogens with zero attached hydrogens (tertiary/aromatic N) is 5. The summed E-state index contributed by atoms with van der Waals surface area (Å²) in [5.74, 6) is 1.37. The Kier molecular flexibility index (Phi) is 10.9. The van der Waals surface area contributed by atoms with Crippen molar-refractivity contribution in [3.8, 4) is 18.1 Å². The molecular formula is C43H53F2N5O4. The van der Waals surface area contributed by atoms with Crippen LogP contribution in [0.3, 0.4) is 0 Å². The summed E-state index contributed by atoms with van der Waals surface area (Å²) in [5, 5.41) is 11.4. The lowest BCUT2D eigenvalue weighted by Gasteiger charge is -2.49. The van der Waals surface area contributed by atoms with Gasteiger partial charge in [0.2, 0.25) is 0 Å². The summed E-state index contributed by atoms with van der Waals surface area (Å²) in [4.78, 5) is 18.6. The molecule has 9 nitrogen and oxygen atoms in total. The zero-order valence-electron chi connectivity index (χ0n) is 32.1. The molecule has 3 unspecified atom stereocenters. The molecule has 3 saturated heterocycles. The molecule has 4 fully saturated rings. The highest BCUT2D eigenvalue weighted by molar-refractivity contribution is 6.29. The molecule has 1 spiro atoms. The van der Waals surface area contributed by atoms with Crippen molar-refractivity contribution in [2.24, 2.45) is 25.8 Å². The van der Waals surface area contributed by atoms with Crippen molar-refractivity contribution in [2.75, 3.05) is 52.8 Å². The predicted octanol–water partition coefficient (Wildman–Crippen LogP) is 7.67. The van der Waals surface area contributed by atoms with Crippen LogP contribution in [0.15, 0.2) is 56.5 Å². The summed E-state index contributed by atoms with van der Waals surface area (Å²) in [6.07, 6.45) is 14.6. The van der Waals surface area contributed by atoms with Gasteiger partial charge in [0.25, 0.3) is 0 Å². The Morgan fingerprint density at radius 2 is 2.02 bits per heavy atom. The van der Waals surface area contributed by atoms with Gasteiger partial charge in [0.15, 0.2) is 5.83 Å². The lowest BCUT2D eigenvalue weighted by Crippen LogP contribution is -2.56. The van der Waals surface area contributed by atoms with Gasteiger partial charge in [-0.2, -0.15) is 0 Å². The summed E-state index contributed by atoms with van der Waals surface area (Å²) >= 11 is 0. The van der Waals surface area contributed by atoms with E-state index in [2.05, 4.69) is 60.1 Å². The Bertz CT molecular complexity index is 1950. The summed E-state index contributed by atoms with van der Waals surface area (Å²) < 4.78 is 50.5. The Balaban J connectivity index is 1.23. The fraction of sp³-hybridized carbons (Fsp3) is 0.558. The molecule has 54 heavy (non-hydrogen) atoms. The van der Waals surface area contributed by atoms with Gasteiger partial charge in [-0.3, -0.25) is 14.9 Å². The highest BCUT2D eigenvalue weighted by atomic mass is 19.1. The number of likely N-dealkylation sites (tertiary alicyclic amines) is 1. The number of allylic oxidation sites excluding steroid dienone is 2. The number of phenols is 1. The quantitative estimate of drug-likeness (QED) is 0.145. The number of halogens is 2. The van der Waals surface area contributed by atoms with Crippen molar-refractivity contribution in [2.45, 2.75) is 90.3 Å². The molecule has 3 atom stereocenters. The molecule has 1 aliphatic carbocycles. The summed E-state index contributed by atoms with van der Waals surface area (Å²) in [5.41, 5.74) is 0.162. The molecule has 0 amide bonds. The molecule has 11 heteroatoms. The van der Waals surface area contributed by atoms with Crippen LogP contribution in [-0.4, -0.2) is 104 Å². The van der Waals surface area contributed by atoms with Gasteiger partial charge in [0.05, 0.1) is 37.6 Å². The van der Waals surface area contributed by atoms with E-state index in [1.807, 2.05) is 0 Å². The number of ether oxygens (including phenoxy) is 3. The number of fused-ring (bicyclic) bond motifs is 2. The minimum atomic E-state index is -0.750. The van der Waals surface area contributed by atoms with E-state index in [9.17, 15) is 5.11 Å². The molecule has 2 aromatic rings. The molecule has 1 saturated carbocycles. The van der Waals surface area contributed by atoms with E-state index >= 15 is 8.78 Å². The van der Waals surface area contributed by atoms with Crippen molar-refractivity contribution in [3.63, 3.8) is 0 Å². The Morgan fingerprint density at radius 3 is 2.70 bits per heavy atom. The van der Waals surface area contributed by atoms with Crippen molar-refractivity contribution in [3.05, 3.63) is 58.4 Å². The standard InChI is InChI=1S/C43H53F2N5O4/c1-7-16-49(23-41(3,4)5)40(46-6)33-21-47-38(32-19-30(51)18-28-12-13-34(44)31(8-2)36(28)32)37(45)39(33)48-27-53-24-42-14-9-11-35(42)50(17-10-15-42)29-20-43(54-22-29)25-52-26-43/h2,12-13,18-19,21,29,35,51H,6-7,9-11,14-17,20,22-27H2,1,3-5H3/b40-33+,48-39+. The Morgan fingerprint density at radius 1 is 1.22 bits per heavy atom. The first-order chi connectivity index (χ1) is 25.9. The van der Waals surface area contributed by atoms with Crippen LogP contribution in [0.25, 0.3) is 16.5 Å². The van der Waals surface area contributed by atoms with Crippen LogP contribution in [0.5, 0.6) is 5.75 Å². The first kappa shape index (κ1) is 38.3. The second-order valence-electron chi connectivity index (χ2n) is 16.9. The lowest BCUT2D eigenvalue weighted by atomic mass is 9.74. The van der Waals surface area contributed by atoms with E-state index in [0.29, 0.717) is 61.8 Å². The third kappa shape index (κ3) is 7.26. The number of aliphatic imine (C=N–C) groups is 3. The number of hydrogen-bond donors (Lipinski definition) is 1. The summed E-state index contributed by atoms with van der Waals surface area (Å²) in [6.45, 7) is 17.3. The maximum absolute atomic E-state index is 17.3. The van der Waals surface area contributed by atoms with Gasteiger partial charge < -0.3 is 24.2 Å². The van der Waals surface area contributed by atoms with Gasteiger partial charge in [0.1, 0.15) is 41.1 Å². The minimum absolute atomic E-state index is 0.00873. The first-order valence-electron chi connectivity index (χ1n) is 19.3. The topological polar surface area (TPSA) is 91.5 Å². The van der Waals surface area contributed by atoms with Crippen LogP contribution >= 0.6 is 0 Å².